The van der Waals surface area contributed by atoms with Crippen molar-refractivity contribution in [1.29, 1.82) is 0 Å². The lowest BCUT2D eigenvalue weighted by molar-refractivity contribution is 0.0652. The number of carbonyl (C=O) groups is 2. The Morgan fingerprint density at radius 3 is 2.63 bits per heavy atom. The molecular formula is C11H14ClN3O3S. The normalized spacial score (nSPS) is 18.1. The van der Waals surface area contributed by atoms with Crippen LogP contribution in [0.1, 0.15) is 30.3 Å². The molecule has 0 radical (unpaired) electrons. The molecule has 0 aliphatic carbocycles. The first-order chi connectivity index (χ1) is 8.89. The van der Waals surface area contributed by atoms with E-state index in [4.69, 9.17) is 16.7 Å². The topological polar surface area (TPSA) is 82.5 Å². The molecule has 0 spiro atoms. The fourth-order valence-electron chi connectivity index (χ4n) is 2.10. The highest BCUT2D eigenvalue weighted by Gasteiger charge is 2.33. The second kappa shape index (κ2) is 5.34. The Bertz CT molecular complexity index is 497. The molecule has 0 bridgehead atoms. The van der Waals surface area contributed by atoms with Crippen LogP contribution in [0, 0.1) is 0 Å². The third-order valence-electron chi connectivity index (χ3n) is 3.26. The van der Waals surface area contributed by atoms with E-state index in [0.717, 1.165) is 0 Å². The Balaban J connectivity index is 1.96. The van der Waals surface area contributed by atoms with E-state index in [1.165, 1.54) is 11.3 Å². The van der Waals surface area contributed by atoms with Crippen molar-refractivity contribution < 1.29 is 14.7 Å². The van der Waals surface area contributed by atoms with Gasteiger partial charge in [0.05, 0.1) is 0 Å². The molecule has 0 unspecified atom stereocenters. The van der Waals surface area contributed by atoms with E-state index in [0.29, 0.717) is 36.1 Å². The highest BCUT2D eigenvalue weighted by atomic mass is 35.5. The highest BCUT2D eigenvalue weighted by Crippen LogP contribution is 2.24. The van der Waals surface area contributed by atoms with Crippen LogP contribution in [0.15, 0.2) is 5.38 Å². The Morgan fingerprint density at radius 1 is 1.53 bits per heavy atom. The number of hydrogen-bond donors (Lipinski definition) is 2. The summed E-state index contributed by atoms with van der Waals surface area (Å²) in [5.41, 5.74) is -0.118. The smallest absolute Gasteiger partial charge is 0.405 e. The molecule has 1 aromatic rings. The van der Waals surface area contributed by atoms with Crippen molar-refractivity contribution in [2.45, 2.75) is 25.3 Å². The third-order valence-corrected chi connectivity index (χ3v) is 4.24. The molecule has 1 aliphatic rings. The van der Waals surface area contributed by atoms with Gasteiger partial charge in [0.2, 0.25) is 0 Å². The van der Waals surface area contributed by atoms with Crippen molar-refractivity contribution in [2.24, 2.45) is 0 Å². The maximum atomic E-state index is 12.1. The number of rotatable bonds is 2. The number of aromatic nitrogens is 1. The van der Waals surface area contributed by atoms with Gasteiger partial charge in [-0.3, -0.25) is 4.79 Å². The second-order valence-corrected chi connectivity index (χ2v) is 6.21. The molecule has 2 amide bonds. The van der Waals surface area contributed by atoms with Crippen LogP contribution in [0.2, 0.25) is 4.47 Å². The van der Waals surface area contributed by atoms with Gasteiger partial charge in [0.25, 0.3) is 5.91 Å². The quantitative estimate of drug-likeness (QED) is 0.876. The van der Waals surface area contributed by atoms with Crippen molar-refractivity contribution in [3.63, 3.8) is 0 Å². The Hall–Kier alpha value is -1.34. The molecule has 0 aromatic carbocycles. The van der Waals surface area contributed by atoms with Gasteiger partial charge in [0.1, 0.15) is 5.69 Å². The molecule has 1 fully saturated rings. The summed E-state index contributed by atoms with van der Waals surface area (Å²) < 4.78 is 0.345. The summed E-state index contributed by atoms with van der Waals surface area (Å²) in [6.07, 6.45) is 0.139. The zero-order valence-electron chi connectivity index (χ0n) is 10.4. The van der Waals surface area contributed by atoms with Gasteiger partial charge in [0.15, 0.2) is 4.47 Å². The van der Waals surface area contributed by atoms with E-state index in [1.807, 2.05) is 6.92 Å². The molecule has 1 aromatic heterocycles. The molecule has 2 rings (SSSR count). The lowest BCUT2D eigenvalue weighted by atomic mass is 9.89. The van der Waals surface area contributed by atoms with E-state index in [2.05, 4.69) is 10.3 Å². The van der Waals surface area contributed by atoms with E-state index < -0.39 is 11.6 Å². The Kier molecular flexibility index (Phi) is 3.96. The summed E-state index contributed by atoms with van der Waals surface area (Å²) in [4.78, 5) is 28.4. The molecule has 1 aliphatic heterocycles. The molecule has 2 heterocycles. The zero-order chi connectivity index (χ0) is 14.0. The molecule has 6 nitrogen and oxygen atoms in total. The number of likely N-dealkylation sites (tertiary alicyclic amines) is 1. The maximum Gasteiger partial charge on any atom is 0.405 e. The summed E-state index contributed by atoms with van der Waals surface area (Å²) >= 11 is 6.93. The van der Waals surface area contributed by atoms with E-state index in [9.17, 15) is 9.59 Å². The number of nitrogens with one attached hydrogen (secondary N) is 1. The van der Waals surface area contributed by atoms with Crippen molar-refractivity contribution >= 4 is 34.9 Å². The first kappa shape index (κ1) is 14.1. The summed E-state index contributed by atoms with van der Waals surface area (Å²) in [5.74, 6) is -0.152. The Morgan fingerprint density at radius 2 is 2.16 bits per heavy atom. The van der Waals surface area contributed by atoms with Crippen LogP contribution in [-0.4, -0.2) is 45.6 Å². The van der Waals surface area contributed by atoms with Gasteiger partial charge in [-0.1, -0.05) is 11.6 Å². The minimum Gasteiger partial charge on any atom is -0.465 e. The van der Waals surface area contributed by atoms with Crippen LogP contribution in [-0.2, 0) is 0 Å². The number of amides is 2. The number of thiazole rings is 1. The predicted molar refractivity (Wildman–Crippen MR) is 71.8 cm³/mol. The van der Waals surface area contributed by atoms with Gasteiger partial charge >= 0.3 is 6.09 Å². The second-order valence-electron chi connectivity index (χ2n) is 4.77. The van der Waals surface area contributed by atoms with Crippen molar-refractivity contribution in [1.82, 2.24) is 15.2 Å². The molecule has 104 valence electrons. The fourth-order valence-corrected chi connectivity index (χ4v) is 2.84. The van der Waals surface area contributed by atoms with Crippen molar-refractivity contribution in [2.75, 3.05) is 13.1 Å². The average molecular weight is 304 g/mol. The van der Waals surface area contributed by atoms with Crippen molar-refractivity contribution in [3.8, 4) is 0 Å². The molecule has 19 heavy (non-hydrogen) atoms. The van der Waals surface area contributed by atoms with Crippen LogP contribution in [0.5, 0.6) is 0 Å². The molecule has 1 saturated heterocycles. The fraction of sp³-hybridized carbons (Fsp3) is 0.545. The standard InChI is InChI=1S/C11H14ClN3O3S/c1-11(14-10(17)18)2-4-15(5-3-11)8(16)7-6-19-9(12)13-7/h6,14H,2-5H2,1H3,(H,17,18). The number of carboxylic acid groups (broad SMARTS) is 1. The van der Waals surface area contributed by atoms with Crippen LogP contribution >= 0.6 is 22.9 Å². The van der Waals surface area contributed by atoms with Gasteiger partial charge < -0.3 is 15.3 Å². The number of nitrogens with zero attached hydrogens (tertiary/aromatic N) is 2. The summed E-state index contributed by atoms with van der Waals surface area (Å²) in [6, 6.07) is 0. The number of hydrogen-bond acceptors (Lipinski definition) is 4. The number of piperidine rings is 1. The monoisotopic (exact) mass is 303 g/mol. The molecule has 8 heteroatoms. The van der Waals surface area contributed by atoms with E-state index in [1.54, 1.807) is 10.3 Å². The van der Waals surface area contributed by atoms with Gasteiger partial charge in [-0.2, -0.15) is 0 Å². The van der Waals surface area contributed by atoms with Crippen LogP contribution < -0.4 is 5.32 Å². The van der Waals surface area contributed by atoms with E-state index in [-0.39, 0.29) is 5.91 Å². The SMILES string of the molecule is CC1(NC(=O)O)CCN(C(=O)c2csc(Cl)n2)CC1. The van der Waals surface area contributed by atoms with Gasteiger partial charge in [-0.25, -0.2) is 9.78 Å². The van der Waals surface area contributed by atoms with E-state index >= 15 is 0 Å². The van der Waals surface area contributed by atoms with Gasteiger partial charge in [0, 0.05) is 24.0 Å². The van der Waals surface area contributed by atoms with Gasteiger partial charge in [-0.05, 0) is 19.8 Å². The Labute approximate surface area is 119 Å². The first-order valence-corrected chi connectivity index (χ1v) is 7.07. The molecule has 2 N–H and O–H groups in total. The molecular weight excluding hydrogens is 290 g/mol. The lowest BCUT2D eigenvalue weighted by Gasteiger charge is -2.38. The van der Waals surface area contributed by atoms with Gasteiger partial charge in [-0.15, -0.1) is 11.3 Å². The summed E-state index contributed by atoms with van der Waals surface area (Å²) in [6.45, 7) is 2.86. The summed E-state index contributed by atoms with van der Waals surface area (Å²) in [5, 5.41) is 12.9. The molecule has 0 saturated carbocycles. The largest absolute Gasteiger partial charge is 0.465 e. The highest BCUT2D eigenvalue weighted by molar-refractivity contribution is 7.14. The van der Waals surface area contributed by atoms with Crippen molar-refractivity contribution in [3.05, 3.63) is 15.5 Å². The maximum absolute atomic E-state index is 12.1. The van der Waals surface area contributed by atoms with Crippen LogP contribution in [0.4, 0.5) is 4.79 Å². The first-order valence-electron chi connectivity index (χ1n) is 5.81. The lowest BCUT2D eigenvalue weighted by Crippen LogP contribution is -2.54. The third kappa shape index (κ3) is 3.36. The number of halogens is 1. The van der Waals surface area contributed by atoms with Crippen LogP contribution in [0.3, 0.4) is 0 Å². The number of carbonyl (C=O) groups excluding carboxylic acids is 1. The minimum absolute atomic E-state index is 0.152. The average Bonchev–Trinajstić information content (AvgIpc) is 2.74. The molecule has 0 atom stereocenters. The van der Waals surface area contributed by atoms with Crippen LogP contribution in [0.25, 0.3) is 0 Å². The zero-order valence-corrected chi connectivity index (χ0v) is 11.9. The summed E-state index contributed by atoms with van der Waals surface area (Å²) in [7, 11) is 0. The predicted octanol–water partition coefficient (Wildman–Crippen LogP) is 2.06. The minimum atomic E-state index is -1.03.